The Labute approximate surface area is 306 Å². The molecule has 14 nitrogen and oxygen atoms in total. The van der Waals surface area contributed by atoms with Crippen molar-refractivity contribution >= 4 is 35.4 Å². The number of carbonyl (C=O) groups excluding carboxylic acids is 2. The topological polar surface area (TPSA) is 243 Å². The van der Waals surface area contributed by atoms with E-state index in [0.717, 1.165) is 72.7 Å². The number of aromatic nitrogens is 2. The molecule has 2 unspecified atom stereocenters. The number of nitrogens with one attached hydrogen (secondary N) is 6. The van der Waals surface area contributed by atoms with Gasteiger partial charge in [0.05, 0.1) is 29.7 Å². The van der Waals surface area contributed by atoms with Crippen LogP contribution in [0.25, 0.3) is 12.2 Å². The van der Waals surface area contributed by atoms with Gasteiger partial charge in [0.2, 0.25) is 11.8 Å². The second-order valence-electron chi connectivity index (χ2n) is 13.8. The third kappa shape index (κ3) is 8.81. The van der Waals surface area contributed by atoms with Crippen molar-refractivity contribution in [2.24, 2.45) is 32.9 Å². The molecule has 0 saturated heterocycles. The van der Waals surface area contributed by atoms with Crippen LogP contribution in [0.2, 0.25) is 0 Å². The SMILES string of the molecule is CC1=C2C=c3[nH]c(c(CCC(=O)NCCN)c3C)=Cc3[nH]c(c(C)c3CCC(=O)NCCN)CC3NC(CC(=N2)C1=NCCN)C(C)=C3NCCN. The standard InChI is InChI=1S/C38H58N12O2/c1-21-25(5-7-35(51)43-13-9-39)31-20-32-26(6-8-36(52)44-14-10-40)22(2)28(48-32)18-33-38(46-16-12-42)24(4)30(50-33)19-34-37(45-15-11-41)23(3)29(49-34)17-27(21)47-31/h17,20,30,33,46-48,50H,5-16,18-19,39-42H2,1-4H3,(H,43,51)(H,44,52). The van der Waals surface area contributed by atoms with Gasteiger partial charge < -0.3 is 54.2 Å². The largest absolute Gasteiger partial charge is 0.386 e. The van der Waals surface area contributed by atoms with Gasteiger partial charge in [-0.25, -0.2) is 0 Å². The van der Waals surface area contributed by atoms with Crippen molar-refractivity contribution in [1.29, 1.82) is 0 Å². The van der Waals surface area contributed by atoms with Gasteiger partial charge >= 0.3 is 0 Å². The Morgan fingerprint density at radius 1 is 0.808 bits per heavy atom. The van der Waals surface area contributed by atoms with E-state index in [1.165, 1.54) is 5.57 Å². The second kappa shape index (κ2) is 17.9. The first-order valence-corrected chi connectivity index (χ1v) is 18.6. The summed E-state index contributed by atoms with van der Waals surface area (Å²) in [5.74, 6) is -0.0763. The van der Waals surface area contributed by atoms with Crippen LogP contribution in [-0.4, -0.2) is 97.6 Å². The highest BCUT2D eigenvalue weighted by Crippen LogP contribution is 2.30. The van der Waals surface area contributed by atoms with Crippen LogP contribution in [0.3, 0.4) is 0 Å². The molecular formula is C38H58N12O2. The number of amides is 2. The zero-order valence-corrected chi connectivity index (χ0v) is 31.2. The average molecular weight is 715 g/mol. The third-order valence-corrected chi connectivity index (χ3v) is 10.3. The molecule has 52 heavy (non-hydrogen) atoms. The van der Waals surface area contributed by atoms with Gasteiger partial charge in [-0.2, -0.15) is 0 Å². The molecule has 2 atom stereocenters. The molecule has 14 heteroatoms. The number of hydrogen-bond donors (Lipinski definition) is 10. The zero-order chi connectivity index (χ0) is 37.4. The molecule has 2 aromatic heterocycles. The molecule has 0 fully saturated rings. The van der Waals surface area contributed by atoms with E-state index in [0.29, 0.717) is 90.9 Å². The summed E-state index contributed by atoms with van der Waals surface area (Å²) in [5.41, 5.74) is 35.5. The highest BCUT2D eigenvalue weighted by molar-refractivity contribution is 6.50. The summed E-state index contributed by atoms with van der Waals surface area (Å²) < 4.78 is 0. The minimum Gasteiger partial charge on any atom is -0.386 e. The highest BCUT2D eigenvalue weighted by Gasteiger charge is 2.34. The Kier molecular flexibility index (Phi) is 13.4. The number of hydrogen-bond acceptors (Lipinski definition) is 10. The molecule has 0 saturated carbocycles. The van der Waals surface area contributed by atoms with Crippen LogP contribution in [0.5, 0.6) is 0 Å². The number of aliphatic imine (C=N–C) groups is 2. The minimum atomic E-state index is -0.0441. The van der Waals surface area contributed by atoms with Gasteiger partial charge in [-0.15, -0.1) is 0 Å². The molecule has 0 aromatic carbocycles. The Morgan fingerprint density at radius 3 is 2.13 bits per heavy atom. The smallest absolute Gasteiger partial charge is 0.220 e. The van der Waals surface area contributed by atoms with Crippen LogP contribution in [0.15, 0.2) is 32.5 Å². The van der Waals surface area contributed by atoms with E-state index in [2.05, 4.69) is 71.1 Å². The summed E-state index contributed by atoms with van der Waals surface area (Å²) in [6.07, 6.45) is 7.33. The van der Waals surface area contributed by atoms with Gasteiger partial charge in [0.1, 0.15) is 0 Å². The lowest BCUT2D eigenvalue weighted by Gasteiger charge is -2.19. The molecule has 5 heterocycles. The van der Waals surface area contributed by atoms with E-state index in [9.17, 15) is 9.59 Å². The van der Waals surface area contributed by atoms with E-state index in [4.69, 9.17) is 32.9 Å². The molecule has 5 rings (SSSR count). The molecule has 0 radical (unpaired) electrons. The fourth-order valence-corrected chi connectivity index (χ4v) is 7.43. The number of allylic oxidation sites excluding steroid dienone is 2. The van der Waals surface area contributed by atoms with E-state index >= 15 is 0 Å². The van der Waals surface area contributed by atoms with E-state index < -0.39 is 0 Å². The number of carbonyl (C=O) groups is 2. The van der Waals surface area contributed by atoms with Crippen LogP contribution in [-0.2, 0) is 28.9 Å². The van der Waals surface area contributed by atoms with Crippen LogP contribution in [0.1, 0.15) is 66.8 Å². The quantitative estimate of drug-likeness (QED) is 0.107. The lowest BCUT2D eigenvalue weighted by atomic mass is 9.98. The highest BCUT2D eigenvalue weighted by atomic mass is 16.2. The molecule has 2 amide bonds. The molecule has 14 N–H and O–H groups in total. The van der Waals surface area contributed by atoms with Gasteiger partial charge in [-0.1, -0.05) is 0 Å². The number of nitrogens with two attached hydrogens (primary N) is 4. The molecule has 0 spiro atoms. The van der Waals surface area contributed by atoms with Crippen molar-refractivity contribution < 1.29 is 9.59 Å². The summed E-state index contributed by atoms with van der Waals surface area (Å²) in [6, 6.07) is 0.0406. The van der Waals surface area contributed by atoms with Gasteiger partial charge in [-0.05, 0) is 80.5 Å². The van der Waals surface area contributed by atoms with Crippen molar-refractivity contribution in [1.82, 2.24) is 31.2 Å². The summed E-state index contributed by atoms with van der Waals surface area (Å²) >= 11 is 0. The number of rotatable bonds is 15. The first-order chi connectivity index (χ1) is 25.1. The maximum atomic E-state index is 12.8. The molecule has 282 valence electrons. The van der Waals surface area contributed by atoms with Gasteiger partial charge in [0.15, 0.2) is 0 Å². The molecular weight excluding hydrogens is 656 g/mol. The van der Waals surface area contributed by atoms with Crippen LogP contribution in [0.4, 0.5) is 0 Å². The van der Waals surface area contributed by atoms with E-state index in [1.54, 1.807) is 0 Å². The van der Waals surface area contributed by atoms with Crippen molar-refractivity contribution in [3.05, 3.63) is 66.9 Å². The molecule has 3 aliphatic heterocycles. The lowest BCUT2D eigenvalue weighted by Crippen LogP contribution is -2.39. The second-order valence-corrected chi connectivity index (χ2v) is 13.8. The number of aromatic amines is 2. The van der Waals surface area contributed by atoms with Crippen LogP contribution >= 0.6 is 0 Å². The van der Waals surface area contributed by atoms with Gasteiger partial charge in [0, 0.05) is 111 Å². The predicted molar refractivity (Wildman–Crippen MR) is 209 cm³/mol. The first kappa shape index (κ1) is 38.9. The summed E-state index contributed by atoms with van der Waals surface area (Å²) in [6.45, 7) is 12.3. The van der Waals surface area contributed by atoms with Crippen molar-refractivity contribution in [2.75, 3.05) is 52.4 Å². The first-order valence-electron chi connectivity index (χ1n) is 18.6. The van der Waals surface area contributed by atoms with Gasteiger partial charge in [0.25, 0.3) is 0 Å². The number of H-pyrrole nitrogens is 2. The number of fused-ring (bicyclic) bond motifs is 7. The Bertz CT molecular complexity index is 1890. The Morgan fingerprint density at radius 2 is 1.48 bits per heavy atom. The van der Waals surface area contributed by atoms with Crippen LogP contribution in [0, 0.1) is 13.8 Å². The maximum absolute atomic E-state index is 12.8. The van der Waals surface area contributed by atoms with Gasteiger partial charge in [-0.3, -0.25) is 19.6 Å². The molecule has 0 aliphatic carbocycles. The predicted octanol–water partition coefficient (Wildman–Crippen LogP) is -1.18. The van der Waals surface area contributed by atoms with E-state index in [1.807, 2.05) is 0 Å². The number of nitrogens with zero attached hydrogens (tertiary/aromatic N) is 2. The fourth-order valence-electron chi connectivity index (χ4n) is 7.43. The summed E-state index contributed by atoms with van der Waals surface area (Å²) in [7, 11) is 0. The minimum absolute atomic E-state index is 0.00353. The van der Waals surface area contributed by atoms with Crippen molar-refractivity contribution in [3.8, 4) is 0 Å². The zero-order valence-electron chi connectivity index (χ0n) is 31.2. The van der Waals surface area contributed by atoms with E-state index in [-0.39, 0.29) is 23.9 Å². The monoisotopic (exact) mass is 714 g/mol. The summed E-state index contributed by atoms with van der Waals surface area (Å²) in [5, 5.41) is 15.2. The Balaban J connectivity index is 1.70. The third-order valence-electron chi connectivity index (χ3n) is 10.3. The lowest BCUT2D eigenvalue weighted by molar-refractivity contribution is -0.121. The van der Waals surface area contributed by atoms with Crippen molar-refractivity contribution in [2.45, 2.75) is 78.3 Å². The van der Waals surface area contributed by atoms with Crippen molar-refractivity contribution in [3.63, 3.8) is 0 Å². The molecule has 2 aromatic rings. The summed E-state index contributed by atoms with van der Waals surface area (Å²) in [4.78, 5) is 43.1. The fraction of sp³-hybridized carbons (Fsp3) is 0.526. The normalized spacial score (nSPS) is 19.2. The molecule has 3 aliphatic rings. The maximum Gasteiger partial charge on any atom is 0.220 e. The average Bonchev–Trinajstić information content (AvgIpc) is 3.79. The Hall–Kier alpha value is -4.34. The molecule has 8 bridgehead atoms. The van der Waals surface area contributed by atoms with Crippen LogP contribution < -0.4 is 54.9 Å².